The third-order valence-electron chi connectivity index (χ3n) is 3.27. The zero-order valence-electron chi connectivity index (χ0n) is 13.9. The largest absolute Gasteiger partial charge is 0.494 e. The molecular formula is C17H18F3NO4S. The van der Waals surface area contributed by atoms with Crippen LogP contribution < -0.4 is 14.2 Å². The quantitative estimate of drug-likeness (QED) is 0.703. The van der Waals surface area contributed by atoms with Gasteiger partial charge in [-0.05, 0) is 49.4 Å². The fourth-order valence-corrected chi connectivity index (χ4v) is 3.09. The van der Waals surface area contributed by atoms with Gasteiger partial charge in [-0.15, -0.1) is 0 Å². The van der Waals surface area contributed by atoms with Crippen molar-refractivity contribution in [2.45, 2.75) is 18.0 Å². The molecule has 0 aliphatic heterocycles. The Balaban J connectivity index is 1.89. The molecule has 0 aliphatic rings. The van der Waals surface area contributed by atoms with Crippen LogP contribution in [0.5, 0.6) is 11.5 Å². The van der Waals surface area contributed by atoms with Crippen LogP contribution in [0.4, 0.5) is 13.2 Å². The predicted molar refractivity (Wildman–Crippen MR) is 89.7 cm³/mol. The molecule has 0 spiro atoms. The molecule has 0 amide bonds. The van der Waals surface area contributed by atoms with Crippen LogP contribution in [0.2, 0.25) is 0 Å². The maximum Gasteiger partial charge on any atom is 0.416 e. The van der Waals surface area contributed by atoms with Crippen LogP contribution in [0.25, 0.3) is 0 Å². The van der Waals surface area contributed by atoms with Crippen molar-refractivity contribution in [2.24, 2.45) is 0 Å². The molecule has 26 heavy (non-hydrogen) atoms. The van der Waals surface area contributed by atoms with Crippen LogP contribution in [0.15, 0.2) is 53.4 Å². The molecule has 0 heterocycles. The van der Waals surface area contributed by atoms with Crippen molar-refractivity contribution in [1.82, 2.24) is 4.72 Å². The van der Waals surface area contributed by atoms with Crippen molar-refractivity contribution in [1.29, 1.82) is 0 Å². The molecule has 0 aliphatic carbocycles. The zero-order valence-corrected chi connectivity index (χ0v) is 14.7. The summed E-state index contributed by atoms with van der Waals surface area (Å²) in [5, 5.41) is 0. The molecule has 0 radical (unpaired) electrons. The molecule has 0 fully saturated rings. The second-order valence-corrected chi connectivity index (χ2v) is 6.94. The summed E-state index contributed by atoms with van der Waals surface area (Å²) in [4.78, 5) is 0.0556. The summed E-state index contributed by atoms with van der Waals surface area (Å²) in [6, 6.07) is 10.3. The van der Waals surface area contributed by atoms with Gasteiger partial charge in [0.2, 0.25) is 10.0 Å². The van der Waals surface area contributed by atoms with Crippen LogP contribution in [0.1, 0.15) is 12.5 Å². The summed E-state index contributed by atoms with van der Waals surface area (Å²) in [6.07, 6.45) is -4.46. The van der Waals surface area contributed by atoms with Gasteiger partial charge in [0.25, 0.3) is 0 Å². The van der Waals surface area contributed by atoms with Crippen LogP contribution in [0.3, 0.4) is 0 Å². The van der Waals surface area contributed by atoms with Gasteiger partial charge in [0, 0.05) is 6.54 Å². The molecule has 2 aromatic carbocycles. The highest BCUT2D eigenvalue weighted by Gasteiger charge is 2.30. The lowest BCUT2D eigenvalue weighted by molar-refractivity contribution is -0.137. The highest BCUT2D eigenvalue weighted by atomic mass is 32.2. The lowest BCUT2D eigenvalue weighted by atomic mass is 10.2. The minimum atomic E-state index is -4.46. The van der Waals surface area contributed by atoms with Crippen molar-refractivity contribution in [3.05, 3.63) is 54.1 Å². The van der Waals surface area contributed by atoms with Crippen LogP contribution >= 0.6 is 0 Å². The van der Waals surface area contributed by atoms with E-state index in [0.29, 0.717) is 12.4 Å². The Bertz CT molecular complexity index is 821. The third-order valence-corrected chi connectivity index (χ3v) is 4.75. The standard InChI is InChI=1S/C17H18F3NO4S/c1-2-24-14-6-8-16(9-7-14)26(22,23)21-10-11-25-15-5-3-4-13(12-15)17(18,19)20/h3-9,12,21H,2,10-11H2,1H3. The van der Waals surface area contributed by atoms with Gasteiger partial charge in [-0.25, -0.2) is 13.1 Å². The Kier molecular flexibility index (Phi) is 6.49. The van der Waals surface area contributed by atoms with Gasteiger partial charge >= 0.3 is 6.18 Å². The molecule has 5 nitrogen and oxygen atoms in total. The van der Waals surface area contributed by atoms with E-state index in [0.717, 1.165) is 12.1 Å². The normalized spacial score (nSPS) is 12.0. The maximum atomic E-state index is 12.6. The van der Waals surface area contributed by atoms with E-state index in [2.05, 4.69) is 4.72 Å². The first-order chi connectivity index (χ1) is 12.2. The van der Waals surface area contributed by atoms with Crippen molar-refractivity contribution in [3.8, 4) is 11.5 Å². The summed E-state index contributed by atoms with van der Waals surface area (Å²) < 4.78 is 74.9. The summed E-state index contributed by atoms with van der Waals surface area (Å²) in [5.74, 6) is 0.569. The van der Waals surface area contributed by atoms with Gasteiger partial charge in [-0.2, -0.15) is 13.2 Å². The molecule has 0 saturated carbocycles. The topological polar surface area (TPSA) is 64.6 Å². The third kappa shape index (κ3) is 5.63. The predicted octanol–water partition coefficient (Wildman–Crippen LogP) is 3.46. The Morgan fingerprint density at radius 2 is 1.69 bits per heavy atom. The molecular weight excluding hydrogens is 371 g/mol. The van der Waals surface area contributed by atoms with Crippen LogP contribution in [0, 0.1) is 0 Å². The number of hydrogen-bond donors (Lipinski definition) is 1. The number of hydrogen-bond acceptors (Lipinski definition) is 4. The first-order valence-electron chi connectivity index (χ1n) is 7.75. The number of nitrogens with one attached hydrogen (secondary N) is 1. The fourth-order valence-electron chi connectivity index (χ4n) is 2.07. The highest BCUT2D eigenvalue weighted by Crippen LogP contribution is 2.31. The lowest BCUT2D eigenvalue weighted by Gasteiger charge is -2.11. The van der Waals surface area contributed by atoms with E-state index in [1.54, 1.807) is 0 Å². The number of benzene rings is 2. The van der Waals surface area contributed by atoms with Gasteiger partial charge < -0.3 is 9.47 Å². The average molecular weight is 389 g/mol. The van der Waals surface area contributed by atoms with Gasteiger partial charge in [-0.3, -0.25) is 0 Å². The van der Waals surface area contributed by atoms with E-state index < -0.39 is 21.8 Å². The van der Waals surface area contributed by atoms with E-state index in [9.17, 15) is 21.6 Å². The minimum Gasteiger partial charge on any atom is -0.494 e. The smallest absolute Gasteiger partial charge is 0.416 e. The molecule has 142 valence electrons. The van der Waals surface area contributed by atoms with E-state index in [4.69, 9.17) is 9.47 Å². The Morgan fingerprint density at radius 3 is 2.31 bits per heavy atom. The fraction of sp³-hybridized carbons (Fsp3) is 0.294. The van der Waals surface area contributed by atoms with Crippen molar-refractivity contribution in [2.75, 3.05) is 19.8 Å². The van der Waals surface area contributed by atoms with Gasteiger partial charge in [0.1, 0.15) is 18.1 Å². The van der Waals surface area contributed by atoms with E-state index in [1.165, 1.54) is 36.4 Å². The molecule has 2 aromatic rings. The van der Waals surface area contributed by atoms with Gasteiger partial charge in [-0.1, -0.05) is 6.07 Å². The number of halogens is 3. The first-order valence-corrected chi connectivity index (χ1v) is 9.23. The molecule has 0 bridgehead atoms. The number of rotatable bonds is 8. The summed E-state index contributed by atoms with van der Waals surface area (Å²) in [7, 11) is -3.74. The van der Waals surface area contributed by atoms with Crippen molar-refractivity contribution in [3.63, 3.8) is 0 Å². The van der Waals surface area contributed by atoms with E-state index in [1.807, 2.05) is 6.92 Å². The van der Waals surface area contributed by atoms with E-state index in [-0.39, 0.29) is 23.8 Å². The molecule has 0 saturated heterocycles. The molecule has 0 unspecified atom stereocenters. The number of sulfonamides is 1. The molecule has 9 heteroatoms. The van der Waals surface area contributed by atoms with Crippen LogP contribution in [-0.2, 0) is 16.2 Å². The number of ether oxygens (including phenoxy) is 2. The van der Waals surface area contributed by atoms with Gasteiger partial charge in [0.15, 0.2) is 0 Å². The average Bonchev–Trinajstić information content (AvgIpc) is 2.59. The molecule has 0 aromatic heterocycles. The van der Waals surface area contributed by atoms with E-state index >= 15 is 0 Å². The molecule has 2 rings (SSSR count). The Hall–Kier alpha value is -2.26. The summed E-state index contributed by atoms with van der Waals surface area (Å²) >= 11 is 0. The van der Waals surface area contributed by atoms with Crippen LogP contribution in [-0.4, -0.2) is 28.2 Å². The van der Waals surface area contributed by atoms with Crippen molar-refractivity contribution < 1.29 is 31.1 Å². The SMILES string of the molecule is CCOc1ccc(S(=O)(=O)NCCOc2cccc(C(F)(F)F)c2)cc1. The lowest BCUT2D eigenvalue weighted by Crippen LogP contribution is -2.28. The second kappa shape index (κ2) is 8.41. The molecule has 0 atom stereocenters. The monoisotopic (exact) mass is 389 g/mol. The summed E-state index contributed by atoms with van der Waals surface area (Å²) in [6.45, 7) is 2.08. The maximum absolute atomic E-state index is 12.6. The van der Waals surface area contributed by atoms with Crippen molar-refractivity contribution >= 4 is 10.0 Å². The minimum absolute atomic E-state index is 0.0140. The molecule has 1 N–H and O–H groups in total. The van der Waals surface area contributed by atoms with Gasteiger partial charge in [0.05, 0.1) is 17.1 Å². The Labute approximate surface area is 149 Å². The highest BCUT2D eigenvalue weighted by molar-refractivity contribution is 7.89. The Morgan fingerprint density at radius 1 is 1.00 bits per heavy atom. The summed E-state index contributed by atoms with van der Waals surface area (Å²) in [5.41, 5.74) is -0.829. The second-order valence-electron chi connectivity index (χ2n) is 5.18. The first kappa shape index (κ1) is 20.1. The zero-order chi connectivity index (χ0) is 19.2. The number of alkyl halides is 3.